The molecule has 0 heterocycles. The molecule has 7 nitrogen and oxygen atoms in total. The lowest BCUT2D eigenvalue weighted by Crippen LogP contribution is -2.52. The van der Waals surface area contributed by atoms with Crippen LogP contribution in [0.25, 0.3) is 0 Å². The number of carbonyl (C=O) groups excluding carboxylic acids is 2. The highest BCUT2D eigenvalue weighted by Gasteiger charge is 2.31. The number of nitro benzene ring substituents is 1. The number of nitrogens with one attached hydrogen (secondary N) is 1. The maximum Gasteiger partial charge on any atom is 0.273 e. The Kier molecular flexibility index (Phi) is 8.58. The Balaban J connectivity index is 1.86. The molecule has 1 N–H and O–H groups in total. The van der Waals surface area contributed by atoms with Crippen molar-refractivity contribution in [1.29, 1.82) is 0 Å². The first-order valence-electron chi connectivity index (χ1n) is 11.8. The fourth-order valence-electron chi connectivity index (χ4n) is 4.57. The van der Waals surface area contributed by atoms with Crippen LogP contribution in [0.3, 0.4) is 0 Å². The summed E-state index contributed by atoms with van der Waals surface area (Å²) in [6.45, 7) is 4.15. The normalized spacial score (nSPS) is 15.0. The fraction of sp³-hybridized carbons (Fsp3) is 0.462. The Morgan fingerprint density at radius 1 is 1.12 bits per heavy atom. The van der Waals surface area contributed by atoms with E-state index in [9.17, 15) is 19.7 Å². The number of nitro groups is 1. The summed E-state index contributed by atoms with van der Waals surface area (Å²) in [5.74, 6) is -0.440. The summed E-state index contributed by atoms with van der Waals surface area (Å²) in [5.41, 5.74) is 2.26. The molecule has 0 aromatic heterocycles. The van der Waals surface area contributed by atoms with E-state index < -0.39 is 11.0 Å². The van der Waals surface area contributed by atoms with Crippen LogP contribution in [-0.2, 0) is 22.6 Å². The second-order valence-electron chi connectivity index (χ2n) is 8.84. The molecule has 1 atom stereocenters. The van der Waals surface area contributed by atoms with Gasteiger partial charge in [0.2, 0.25) is 11.8 Å². The van der Waals surface area contributed by atoms with Gasteiger partial charge in [-0.05, 0) is 31.7 Å². The molecule has 0 radical (unpaired) electrons. The number of rotatable bonds is 9. The largest absolute Gasteiger partial charge is 0.352 e. The van der Waals surface area contributed by atoms with Gasteiger partial charge >= 0.3 is 0 Å². The summed E-state index contributed by atoms with van der Waals surface area (Å²) < 4.78 is 0. The molecule has 0 aliphatic heterocycles. The van der Waals surface area contributed by atoms with E-state index in [0.717, 1.165) is 36.8 Å². The van der Waals surface area contributed by atoms with E-state index in [4.69, 9.17) is 0 Å². The summed E-state index contributed by atoms with van der Waals surface area (Å²) in [5, 5.41) is 14.6. The van der Waals surface area contributed by atoms with E-state index in [1.54, 1.807) is 23.1 Å². The summed E-state index contributed by atoms with van der Waals surface area (Å²) in [6.07, 6.45) is 5.66. The predicted octanol–water partition coefficient (Wildman–Crippen LogP) is 4.70. The Bertz CT molecular complexity index is 985. The highest BCUT2D eigenvalue weighted by atomic mass is 16.6. The van der Waals surface area contributed by atoms with Crippen molar-refractivity contribution >= 4 is 17.5 Å². The minimum Gasteiger partial charge on any atom is -0.352 e. The van der Waals surface area contributed by atoms with Gasteiger partial charge in [-0.15, -0.1) is 0 Å². The van der Waals surface area contributed by atoms with Crippen LogP contribution in [-0.4, -0.2) is 33.7 Å². The van der Waals surface area contributed by atoms with Crippen molar-refractivity contribution in [3.05, 3.63) is 75.3 Å². The van der Waals surface area contributed by atoms with E-state index in [1.807, 2.05) is 38.1 Å². The third-order valence-corrected chi connectivity index (χ3v) is 6.30. The Hall–Kier alpha value is -3.22. The van der Waals surface area contributed by atoms with Crippen LogP contribution in [0.1, 0.15) is 62.1 Å². The average molecular weight is 452 g/mol. The first-order chi connectivity index (χ1) is 15.9. The molecular weight excluding hydrogens is 418 g/mol. The third kappa shape index (κ3) is 6.63. The second-order valence-corrected chi connectivity index (χ2v) is 8.84. The zero-order chi connectivity index (χ0) is 23.8. The van der Waals surface area contributed by atoms with Gasteiger partial charge in [-0.3, -0.25) is 19.7 Å². The van der Waals surface area contributed by atoms with Gasteiger partial charge < -0.3 is 10.2 Å². The zero-order valence-corrected chi connectivity index (χ0v) is 19.5. The molecule has 2 aromatic rings. The lowest BCUT2D eigenvalue weighted by Gasteiger charge is -2.33. The Morgan fingerprint density at radius 2 is 1.85 bits per heavy atom. The molecule has 33 heavy (non-hydrogen) atoms. The molecule has 3 rings (SSSR count). The molecule has 2 amide bonds. The number of amides is 2. The van der Waals surface area contributed by atoms with Crippen molar-refractivity contribution in [1.82, 2.24) is 10.2 Å². The van der Waals surface area contributed by atoms with E-state index in [-0.39, 0.29) is 36.5 Å². The molecule has 7 heteroatoms. The third-order valence-electron chi connectivity index (χ3n) is 6.30. The van der Waals surface area contributed by atoms with Crippen molar-refractivity contribution < 1.29 is 14.5 Å². The van der Waals surface area contributed by atoms with E-state index >= 15 is 0 Å². The number of hydrogen-bond acceptors (Lipinski definition) is 4. The van der Waals surface area contributed by atoms with Gasteiger partial charge in [0.1, 0.15) is 6.04 Å². The molecule has 176 valence electrons. The van der Waals surface area contributed by atoms with Crippen molar-refractivity contribution in [2.45, 2.75) is 77.4 Å². The van der Waals surface area contributed by atoms with E-state index in [0.29, 0.717) is 12.0 Å². The molecule has 0 saturated heterocycles. The van der Waals surface area contributed by atoms with Crippen molar-refractivity contribution in [3.63, 3.8) is 0 Å². The molecule has 0 unspecified atom stereocenters. The van der Waals surface area contributed by atoms with Crippen molar-refractivity contribution in [3.8, 4) is 0 Å². The molecular formula is C26H33N3O4. The topological polar surface area (TPSA) is 92.6 Å². The van der Waals surface area contributed by atoms with Gasteiger partial charge in [0, 0.05) is 24.2 Å². The monoisotopic (exact) mass is 451 g/mol. The minimum atomic E-state index is -0.636. The fourth-order valence-corrected chi connectivity index (χ4v) is 4.57. The summed E-state index contributed by atoms with van der Waals surface area (Å²) in [7, 11) is 0. The highest BCUT2D eigenvalue weighted by Crippen LogP contribution is 2.22. The SMILES string of the molecule is CC[C@@H](C(=O)NC1CCCCC1)N(Cc1cccc(C)c1)C(=O)Cc1ccccc1[N+](=O)[O-]. The van der Waals surface area contributed by atoms with Crippen LogP contribution in [0, 0.1) is 17.0 Å². The quantitative estimate of drug-likeness (QED) is 0.442. The maximum absolute atomic E-state index is 13.5. The van der Waals surface area contributed by atoms with E-state index in [2.05, 4.69) is 5.32 Å². The van der Waals surface area contributed by atoms with E-state index in [1.165, 1.54) is 12.5 Å². The van der Waals surface area contributed by atoms with Crippen LogP contribution < -0.4 is 5.32 Å². The Labute approximate surface area is 195 Å². The molecule has 1 saturated carbocycles. The van der Waals surface area contributed by atoms with Gasteiger partial charge in [-0.1, -0.05) is 74.2 Å². The van der Waals surface area contributed by atoms with Crippen LogP contribution in [0.15, 0.2) is 48.5 Å². The summed E-state index contributed by atoms with van der Waals surface area (Å²) in [6, 6.07) is 13.6. The summed E-state index contributed by atoms with van der Waals surface area (Å²) >= 11 is 0. The lowest BCUT2D eigenvalue weighted by molar-refractivity contribution is -0.385. The lowest BCUT2D eigenvalue weighted by atomic mass is 9.95. The summed E-state index contributed by atoms with van der Waals surface area (Å²) in [4.78, 5) is 39.3. The van der Waals surface area contributed by atoms with Crippen molar-refractivity contribution in [2.24, 2.45) is 0 Å². The standard InChI is InChI=1S/C26H33N3O4/c1-3-23(26(31)27-22-13-5-4-6-14-22)28(18-20-11-9-10-19(2)16-20)25(30)17-21-12-7-8-15-24(21)29(32)33/h7-12,15-16,22-23H,3-6,13-14,17-18H2,1-2H3,(H,27,31)/t23-/m0/s1. The molecule has 0 bridgehead atoms. The maximum atomic E-state index is 13.5. The highest BCUT2D eigenvalue weighted by molar-refractivity contribution is 5.89. The second kappa shape index (κ2) is 11.6. The zero-order valence-electron chi connectivity index (χ0n) is 19.5. The average Bonchev–Trinajstić information content (AvgIpc) is 2.80. The molecule has 1 aliphatic rings. The number of nitrogens with zero attached hydrogens (tertiary/aromatic N) is 2. The first kappa shape index (κ1) is 24.4. The van der Waals surface area contributed by atoms with Crippen molar-refractivity contribution in [2.75, 3.05) is 0 Å². The van der Waals surface area contributed by atoms with Gasteiger partial charge in [-0.2, -0.15) is 0 Å². The molecule has 0 spiro atoms. The number of aryl methyl sites for hydroxylation is 1. The smallest absolute Gasteiger partial charge is 0.273 e. The number of para-hydroxylation sites is 1. The minimum absolute atomic E-state index is 0.0824. The van der Waals surface area contributed by atoms with Crippen LogP contribution in [0.2, 0.25) is 0 Å². The number of benzene rings is 2. The number of carbonyl (C=O) groups is 2. The molecule has 1 fully saturated rings. The Morgan fingerprint density at radius 3 is 2.52 bits per heavy atom. The number of hydrogen-bond donors (Lipinski definition) is 1. The van der Waals surface area contributed by atoms with Crippen LogP contribution >= 0.6 is 0 Å². The molecule has 2 aromatic carbocycles. The first-order valence-corrected chi connectivity index (χ1v) is 11.8. The van der Waals surface area contributed by atoms with Crippen LogP contribution in [0.5, 0.6) is 0 Å². The van der Waals surface area contributed by atoms with Gasteiger partial charge in [0.05, 0.1) is 11.3 Å². The van der Waals surface area contributed by atoms with Gasteiger partial charge in [-0.25, -0.2) is 0 Å². The van der Waals surface area contributed by atoms with Crippen LogP contribution in [0.4, 0.5) is 5.69 Å². The molecule has 1 aliphatic carbocycles. The predicted molar refractivity (Wildman–Crippen MR) is 128 cm³/mol. The van der Waals surface area contributed by atoms with Gasteiger partial charge in [0.25, 0.3) is 5.69 Å². The van der Waals surface area contributed by atoms with Gasteiger partial charge in [0.15, 0.2) is 0 Å².